The van der Waals surface area contributed by atoms with Crippen LogP contribution in [0.15, 0.2) is 18.2 Å². The lowest BCUT2D eigenvalue weighted by Crippen LogP contribution is -2.28. The van der Waals surface area contributed by atoms with E-state index in [9.17, 15) is 15.2 Å². The van der Waals surface area contributed by atoms with E-state index in [1.807, 2.05) is 0 Å². The molecule has 6 heteroatoms. The molecule has 2 rings (SSSR count). The first-order valence-corrected chi connectivity index (χ1v) is 7.01. The molecule has 0 aliphatic heterocycles. The van der Waals surface area contributed by atoms with E-state index in [1.165, 1.54) is 6.07 Å². The molecular weight excluding hydrogens is 258 g/mol. The van der Waals surface area contributed by atoms with Crippen LogP contribution in [-0.4, -0.2) is 23.2 Å². The van der Waals surface area contributed by atoms with Crippen LogP contribution < -0.4 is 11.1 Å². The molecule has 6 nitrogen and oxygen atoms in total. The average Bonchev–Trinajstić information content (AvgIpc) is 2.45. The highest BCUT2D eigenvalue weighted by atomic mass is 16.6. The number of para-hydroxylation sites is 1. The minimum absolute atomic E-state index is 0.0659. The number of rotatable bonds is 5. The molecule has 2 atom stereocenters. The summed E-state index contributed by atoms with van der Waals surface area (Å²) in [7, 11) is 0. The third kappa shape index (κ3) is 3.19. The van der Waals surface area contributed by atoms with E-state index < -0.39 is 4.92 Å². The minimum atomic E-state index is -0.456. The second-order valence-electron chi connectivity index (χ2n) is 5.37. The van der Waals surface area contributed by atoms with Crippen molar-refractivity contribution in [1.29, 1.82) is 0 Å². The summed E-state index contributed by atoms with van der Waals surface area (Å²) in [6.07, 6.45) is 4.39. The molecule has 0 amide bonds. The number of hydrogen-bond acceptors (Lipinski definition) is 5. The summed E-state index contributed by atoms with van der Waals surface area (Å²) in [5, 5.41) is 23.6. The lowest BCUT2D eigenvalue weighted by molar-refractivity contribution is -0.383. The van der Waals surface area contributed by atoms with E-state index in [0.717, 1.165) is 25.7 Å². The largest absolute Gasteiger partial charge is 0.396 e. The highest BCUT2D eigenvalue weighted by molar-refractivity contribution is 5.74. The minimum Gasteiger partial charge on any atom is -0.396 e. The molecule has 110 valence electrons. The van der Waals surface area contributed by atoms with E-state index >= 15 is 0 Å². The zero-order valence-electron chi connectivity index (χ0n) is 11.4. The second-order valence-corrected chi connectivity index (χ2v) is 5.37. The van der Waals surface area contributed by atoms with Gasteiger partial charge in [-0.1, -0.05) is 18.9 Å². The van der Waals surface area contributed by atoms with Gasteiger partial charge in [-0.15, -0.1) is 0 Å². The van der Waals surface area contributed by atoms with Crippen LogP contribution in [0.3, 0.4) is 0 Å². The van der Waals surface area contributed by atoms with Gasteiger partial charge in [0.25, 0.3) is 0 Å². The van der Waals surface area contributed by atoms with E-state index in [1.54, 1.807) is 12.1 Å². The molecule has 0 aromatic heterocycles. The second kappa shape index (κ2) is 6.56. The molecule has 1 aliphatic carbocycles. The number of nitrogen functional groups attached to an aromatic ring is 1. The Kier molecular flexibility index (Phi) is 4.79. The molecule has 0 radical (unpaired) electrons. The number of aliphatic hydroxyl groups excluding tert-OH is 1. The van der Waals surface area contributed by atoms with Crippen LogP contribution >= 0.6 is 0 Å². The van der Waals surface area contributed by atoms with Gasteiger partial charge in [0.05, 0.1) is 4.92 Å². The third-order valence-electron chi connectivity index (χ3n) is 4.11. The molecule has 20 heavy (non-hydrogen) atoms. The van der Waals surface area contributed by atoms with Crippen molar-refractivity contribution in [2.75, 3.05) is 24.2 Å². The summed E-state index contributed by atoms with van der Waals surface area (Å²) < 4.78 is 0. The van der Waals surface area contributed by atoms with Crippen LogP contribution in [0.4, 0.5) is 17.1 Å². The van der Waals surface area contributed by atoms with Crippen molar-refractivity contribution < 1.29 is 10.0 Å². The van der Waals surface area contributed by atoms with Crippen molar-refractivity contribution in [1.82, 2.24) is 0 Å². The Morgan fingerprint density at radius 2 is 2.05 bits per heavy atom. The molecule has 1 saturated carbocycles. The van der Waals surface area contributed by atoms with Gasteiger partial charge in [-0.05, 0) is 36.8 Å². The number of nitrogens with zero attached hydrogens (tertiary/aromatic N) is 1. The maximum Gasteiger partial charge on any atom is 0.314 e. The Labute approximate surface area is 118 Å². The molecule has 0 saturated heterocycles. The Morgan fingerprint density at radius 3 is 2.70 bits per heavy atom. The Morgan fingerprint density at radius 1 is 1.35 bits per heavy atom. The first-order valence-electron chi connectivity index (χ1n) is 7.01. The summed E-state index contributed by atoms with van der Waals surface area (Å²) in [6.45, 7) is 0.820. The van der Waals surface area contributed by atoms with Crippen molar-refractivity contribution in [2.24, 2.45) is 11.8 Å². The predicted octanol–water partition coefficient (Wildman–Crippen LogP) is 2.39. The van der Waals surface area contributed by atoms with Crippen LogP contribution in [0.5, 0.6) is 0 Å². The van der Waals surface area contributed by atoms with Crippen molar-refractivity contribution in [2.45, 2.75) is 25.7 Å². The van der Waals surface area contributed by atoms with Gasteiger partial charge in [0.15, 0.2) is 0 Å². The molecule has 1 aromatic rings. The fourth-order valence-electron chi connectivity index (χ4n) is 2.94. The number of aliphatic hydroxyl groups is 1. The maximum absolute atomic E-state index is 11.1. The van der Waals surface area contributed by atoms with Crippen LogP contribution in [0.25, 0.3) is 0 Å². The van der Waals surface area contributed by atoms with E-state index in [0.29, 0.717) is 18.2 Å². The molecule has 2 unspecified atom stereocenters. The number of anilines is 2. The number of nitrogens with one attached hydrogen (secondary N) is 1. The fraction of sp³-hybridized carbons (Fsp3) is 0.571. The van der Waals surface area contributed by atoms with Gasteiger partial charge in [-0.3, -0.25) is 10.1 Å². The van der Waals surface area contributed by atoms with Crippen molar-refractivity contribution in [3.05, 3.63) is 28.3 Å². The molecule has 1 aromatic carbocycles. The molecular formula is C14H21N3O3. The Hall–Kier alpha value is -1.82. The van der Waals surface area contributed by atoms with Gasteiger partial charge < -0.3 is 16.2 Å². The molecule has 1 aliphatic rings. The number of benzene rings is 1. The lowest BCUT2D eigenvalue weighted by Gasteiger charge is -2.30. The Bertz CT molecular complexity index is 479. The third-order valence-corrected chi connectivity index (χ3v) is 4.11. The van der Waals surface area contributed by atoms with E-state index in [4.69, 9.17) is 5.73 Å². The SMILES string of the molecule is Nc1cccc(NCC2CCCCC2CO)c1[N+](=O)[O-]. The molecule has 0 spiro atoms. The van der Waals surface area contributed by atoms with Gasteiger partial charge in [-0.25, -0.2) is 0 Å². The van der Waals surface area contributed by atoms with E-state index in [-0.39, 0.29) is 23.9 Å². The van der Waals surface area contributed by atoms with Crippen LogP contribution in [-0.2, 0) is 0 Å². The predicted molar refractivity (Wildman–Crippen MR) is 78.5 cm³/mol. The standard InChI is InChI=1S/C14H21N3O3/c15-12-6-3-7-13(14(12)17(19)20)16-8-10-4-1-2-5-11(10)9-18/h3,6-7,10-11,16,18H,1-2,4-5,8-9,15H2. The number of hydrogen-bond donors (Lipinski definition) is 3. The first kappa shape index (κ1) is 14.6. The first-order chi connectivity index (χ1) is 9.63. The monoisotopic (exact) mass is 279 g/mol. The van der Waals surface area contributed by atoms with Gasteiger partial charge in [0.1, 0.15) is 11.4 Å². The summed E-state index contributed by atoms with van der Waals surface area (Å²) in [5.74, 6) is 0.645. The van der Waals surface area contributed by atoms with Gasteiger partial charge in [0.2, 0.25) is 0 Å². The van der Waals surface area contributed by atoms with Gasteiger partial charge in [-0.2, -0.15) is 0 Å². The van der Waals surface area contributed by atoms with Crippen LogP contribution in [0, 0.1) is 22.0 Å². The topological polar surface area (TPSA) is 101 Å². The smallest absolute Gasteiger partial charge is 0.314 e. The fourth-order valence-corrected chi connectivity index (χ4v) is 2.94. The van der Waals surface area contributed by atoms with Crippen LogP contribution in [0.1, 0.15) is 25.7 Å². The van der Waals surface area contributed by atoms with Gasteiger partial charge in [0, 0.05) is 13.2 Å². The summed E-state index contributed by atoms with van der Waals surface area (Å²) in [5.41, 5.74) is 6.22. The average molecular weight is 279 g/mol. The maximum atomic E-state index is 11.1. The molecule has 0 heterocycles. The van der Waals surface area contributed by atoms with Gasteiger partial charge >= 0.3 is 5.69 Å². The molecule has 0 bridgehead atoms. The quantitative estimate of drug-likeness (QED) is 0.436. The normalized spacial score (nSPS) is 22.4. The number of nitrogens with two attached hydrogens (primary N) is 1. The van der Waals surface area contributed by atoms with Crippen molar-refractivity contribution in [3.63, 3.8) is 0 Å². The number of nitro groups is 1. The highest BCUT2D eigenvalue weighted by Crippen LogP contribution is 2.33. The van der Waals surface area contributed by atoms with Crippen molar-refractivity contribution in [3.8, 4) is 0 Å². The summed E-state index contributed by atoms with van der Waals surface area (Å²) >= 11 is 0. The summed E-state index contributed by atoms with van der Waals surface area (Å²) in [4.78, 5) is 10.6. The summed E-state index contributed by atoms with van der Waals surface area (Å²) in [6, 6.07) is 4.90. The molecule has 1 fully saturated rings. The van der Waals surface area contributed by atoms with Crippen molar-refractivity contribution >= 4 is 17.1 Å². The zero-order chi connectivity index (χ0) is 14.5. The molecule has 4 N–H and O–H groups in total. The highest BCUT2D eigenvalue weighted by Gasteiger charge is 2.25. The Balaban J connectivity index is 2.07. The van der Waals surface area contributed by atoms with Crippen LogP contribution in [0.2, 0.25) is 0 Å². The lowest BCUT2D eigenvalue weighted by atomic mass is 9.79. The van der Waals surface area contributed by atoms with E-state index in [2.05, 4.69) is 5.32 Å². The zero-order valence-corrected chi connectivity index (χ0v) is 11.4. The number of nitro benzene ring substituents is 1.